The monoisotopic (exact) mass is 411 g/mol. The van der Waals surface area contributed by atoms with Gasteiger partial charge in [0.1, 0.15) is 5.60 Å². The lowest BCUT2D eigenvalue weighted by atomic mass is 9.97. The van der Waals surface area contributed by atoms with Gasteiger partial charge in [-0.2, -0.15) is 0 Å². The van der Waals surface area contributed by atoms with E-state index in [1.807, 2.05) is 45.0 Å². The Labute approximate surface area is 180 Å². The van der Waals surface area contributed by atoms with E-state index in [-0.39, 0.29) is 18.1 Å². The van der Waals surface area contributed by atoms with Gasteiger partial charge in [-0.3, -0.25) is 0 Å². The molecule has 30 heavy (non-hydrogen) atoms. The SMILES string of the molecule is CCCC(c1ccc(-c2ccc(C(=O)OCC)cc2)cc1)N(C)C(=O)OC(C)(C)C. The minimum absolute atomic E-state index is 0.0508. The molecule has 0 radical (unpaired) electrons. The van der Waals surface area contributed by atoms with Crippen LogP contribution in [-0.4, -0.2) is 36.2 Å². The van der Waals surface area contributed by atoms with E-state index in [1.165, 1.54) is 0 Å². The quantitative estimate of drug-likeness (QED) is 0.506. The highest BCUT2D eigenvalue weighted by molar-refractivity contribution is 5.90. The van der Waals surface area contributed by atoms with Crippen molar-refractivity contribution in [2.75, 3.05) is 13.7 Å². The Morgan fingerprint density at radius 2 is 1.47 bits per heavy atom. The van der Waals surface area contributed by atoms with Crippen LogP contribution in [0.1, 0.15) is 69.4 Å². The Kier molecular flexibility index (Phi) is 8.04. The van der Waals surface area contributed by atoms with Crippen LogP contribution in [0, 0.1) is 0 Å². The van der Waals surface area contributed by atoms with Gasteiger partial charge in [0.15, 0.2) is 0 Å². The Hall–Kier alpha value is -2.82. The number of carbonyl (C=O) groups excluding carboxylic acids is 2. The second kappa shape index (κ2) is 10.3. The number of hydrogen-bond acceptors (Lipinski definition) is 4. The third-order valence-electron chi connectivity index (χ3n) is 4.74. The van der Waals surface area contributed by atoms with E-state index >= 15 is 0 Å². The highest BCUT2D eigenvalue weighted by atomic mass is 16.6. The first-order valence-corrected chi connectivity index (χ1v) is 10.5. The molecule has 2 rings (SSSR count). The normalized spacial score (nSPS) is 12.2. The predicted molar refractivity (Wildman–Crippen MR) is 119 cm³/mol. The maximum atomic E-state index is 12.5. The molecule has 0 bridgehead atoms. The van der Waals surface area contributed by atoms with Gasteiger partial charge in [0.05, 0.1) is 18.2 Å². The molecule has 0 aromatic heterocycles. The maximum absolute atomic E-state index is 12.5. The molecule has 2 aromatic rings. The van der Waals surface area contributed by atoms with Gasteiger partial charge in [-0.15, -0.1) is 0 Å². The zero-order valence-electron chi connectivity index (χ0n) is 18.9. The van der Waals surface area contributed by atoms with Crippen LogP contribution in [0.5, 0.6) is 0 Å². The highest BCUT2D eigenvalue weighted by Gasteiger charge is 2.26. The zero-order chi connectivity index (χ0) is 22.3. The topological polar surface area (TPSA) is 55.8 Å². The van der Waals surface area contributed by atoms with Crippen molar-refractivity contribution in [1.29, 1.82) is 0 Å². The average molecular weight is 412 g/mol. The van der Waals surface area contributed by atoms with Gasteiger partial charge in [0.25, 0.3) is 0 Å². The van der Waals surface area contributed by atoms with Gasteiger partial charge >= 0.3 is 12.1 Å². The van der Waals surface area contributed by atoms with Crippen LogP contribution in [0.25, 0.3) is 11.1 Å². The zero-order valence-corrected chi connectivity index (χ0v) is 18.9. The standard InChI is InChI=1S/C25H33NO4/c1-7-9-22(26(6)24(28)30-25(3,4)5)20-14-10-18(11-15-20)19-12-16-21(17-13-19)23(27)29-8-2/h10-17,22H,7-9H2,1-6H3. The summed E-state index contributed by atoms with van der Waals surface area (Å²) < 4.78 is 10.6. The fourth-order valence-electron chi connectivity index (χ4n) is 3.23. The molecule has 2 aromatic carbocycles. The summed E-state index contributed by atoms with van der Waals surface area (Å²) in [5, 5.41) is 0. The number of nitrogens with zero attached hydrogens (tertiary/aromatic N) is 1. The number of hydrogen-bond donors (Lipinski definition) is 0. The van der Waals surface area contributed by atoms with Crippen molar-refractivity contribution >= 4 is 12.1 Å². The highest BCUT2D eigenvalue weighted by Crippen LogP contribution is 2.29. The van der Waals surface area contributed by atoms with Gasteiger partial charge < -0.3 is 14.4 Å². The van der Waals surface area contributed by atoms with Crippen molar-refractivity contribution in [1.82, 2.24) is 4.90 Å². The molecule has 0 fully saturated rings. The van der Waals surface area contributed by atoms with Crippen LogP contribution in [-0.2, 0) is 9.47 Å². The number of benzene rings is 2. The van der Waals surface area contributed by atoms with E-state index < -0.39 is 5.60 Å². The lowest BCUT2D eigenvalue weighted by molar-refractivity contribution is 0.0211. The first kappa shape index (κ1) is 23.5. The second-order valence-corrected chi connectivity index (χ2v) is 8.32. The van der Waals surface area contributed by atoms with Crippen molar-refractivity contribution in [3.8, 4) is 11.1 Å². The van der Waals surface area contributed by atoms with E-state index in [1.54, 1.807) is 31.0 Å². The summed E-state index contributed by atoms with van der Waals surface area (Å²) in [6.07, 6.45) is 1.48. The molecule has 5 nitrogen and oxygen atoms in total. The Morgan fingerprint density at radius 3 is 1.93 bits per heavy atom. The lowest BCUT2D eigenvalue weighted by Gasteiger charge is -2.31. The molecule has 5 heteroatoms. The van der Waals surface area contributed by atoms with Crippen molar-refractivity contribution in [2.24, 2.45) is 0 Å². The van der Waals surface area contributed by atoms with Crippen LogP contribution in [0.4, 0.5) is 4.79 Å². The minimum atomic E-state index is -0.526. The van der Waals surface area contributed by atoms with Crippen LogP contribution in [0.15, 0.2) is 48.5 Å². The fraction of sp³-hybridized carbons (Fsp3) is 0.440. The number of amides is 1. The molecule has 0 saturated carbocycles. The lowest BCUT2D eigenvalue weighted by Crippen LogP contribution is -2.36. The van der Waals surface area contributed by atoms with E-state index in [9.17, 15) is 9.59 Å². The van der Waals surface area contributed by atoms with Gasteiger partial charge in [-0.25, -0.2) is 9.59 Å². The third kappa shape index (κ3) is 6.34. The summed E-state index contributed by atoms with van der Waals surface area (Å²) in [4.78, 5) is 26.0. The van der Waals surface area contributed by atoms with Crippen molar-refractivity contribution in [3.63, 3.8) is 0 Å². The Balaban J connectivity index is 2.19. The van der Waals surface area contributed by atoms with Gasteiger partial charge in [0.2, 0.25) is 0 Å². The molecule has 0 spiro atoms. The number of rotatable bonds is 7. The van der Waals surface area contributed by atoms with Crippen LogP contribution in [0.3, 0.4) is 0 Å². The molecule has 0 aliphatic rings. The number of ether oxygens (including phenoxy) is 2. The van der Waals surface area contributed by atoms with E-state index in [0.29, 0.717) is 12.2 Å². The molecule has 0 aliphatic heterocycles. The van der Waals surface area contributed by atoms with Crippen molar-refractivity contribution in [2.45, 2.75) is 59.1 Å². The number of carbonyl (C=O) groups is 2. The first-order valence-electron chi connectivity index (χ1n) is 10.5. The summed E-state index contributed by atoms with van der Waals surface area (Å²) in [5.41, 5.74) is 3.14. The molecular weight excluding hydrogens is 378 g/mol. The number of esters is 1. The van der Waals surface area contributed by atoms with Crippen LogP contribution >= 0.6 is 0 Å². The molecule has 1 amide bonds. The summed E-state index contributed by atoms with van der Waals surface area (Å²) in [5.74, 6) is -0.313. The summed E-state index contributed by atoms with van der Waals surface area (Å²) in [6.45, 7) is 9.87. The molecule has 0 aliphatic carbocycles. The molecule has 0 saturated heterocycles. The Morgan fingerprint density at radius 1 is 0.933 bits per heavy atom. The summed E-state index contributed by atoms with van der Waals surface area (Å²) in [7, 11) is 1.79. The average Bonchev–Trinajstić information content (AvgIpc) is 2.71. The third-order valence-corrected chi connectivity index (χ3v) is 4.74. The molecule has 0 heterocycles. The van der Waals surface area contributed by atoms with Crippen molar-refractivity contribution in [3.05, 3.63) is 59.7 Å². The van der Waals surface area contributed by atoms with E-state index in [0.717, 1.165) is 29.5 Å². The summed E-state index contributed by atoms with van der Waals surface area (Å²) in [6, 6.07) is 15.5. The van der Waals surface area contributed by atoms with Crippen LogP contribution < -0.4 is 0 Å². The molecule has 1 unspecified atom stereocenters. The fourth-order valence-corrected chi connectivity index (χ4v) is 3.23. The molecule has 1 atom stereocenters. The van der Waals surface area contributed by atoms with E-state index in [4.69, 9.17) is 9.47 Å². The van der Waals surface area contributed by atoms with Gasteiger partial charge in [-0.05, 0) is 62.9 Å². The first-order chi connectivity index (χ1) is 14.2. The molecule has 162 valence electrons. The molecular formula is C25H33NO4. The largest absolute Gasteiger partial charge is 0.462 e. The van der Waals surface area contributed by atoms with Gasteiger partial charge in [0, 0.05) is 7.05 Å². The summed E-state index contributed by atoms with van der Waals surface area (Å²) >= 11 is 0. The van der Waals surface area contributed by atoms with Crippen LogP contribution in [0.2, 0.25) is 0 Å². The smallest absolute Gasteiger partial charge is 0.410 e. The Bertz CT molecular complexity index is 835. The van der Waals surface area contributed by atoms with Gasteiger partial charge in [-0.1, -0.05) is 49.7 Å². The second-order valence-electron chi connectivity index (χ2n) is 8.32. The minimum Gasteiger partial charge on any atom is -0.462 e. The van der Waals surface area contributed by atoms with Crippen molar-refractivity contribution < 1.29 is 19.1 Å². The maximum Gasteiger partial charge on any atom is 0.410 e. The predicted octanol–water partition coefficient (Wildman–Crippen LogP) is 6.24. The molecule has 0 N–H and O–H groups in total. The van der Waals surface area contributed by atoms with E-state index in [2.05, 4.69) is 19.1 Å².